The maximum Gasteiger partial charge on any atom is 0.416 e. The molecule has 26 heavy (non-hydrogen) atoms. The molecule has 3 nitrogen and oxygen atoms in total. The van der Waals surface area contributed by atoms with Crippen molar-refractivity contribution in [2.24, 2.45) is 5.92 Å². The zero-order chi connectivity index (χ0) is 19.4. The van der Waals surface area contributed by atoms with Gasteiger partial charge in [-0.25, -0.2) is 13.5 Å². The molecule has 1 saturated carbocycles. The molecule has 0 bridgehead atoms. The first kappa shape index (κ1) is 19.2. The topological polar surface area (TPSA) is 41.6 Å². The monoisotopic (exact) mass is 429 g/mol. The van der Waals surface area contributed by atoms with Crippen molar-refractivity contribution < 1.29 is 22.0 Å². The van der Waals surface area contributed by atoms with E-state index in [0.717, 1.165) is 4.68 Å². The Morgan fingerprint density at radius 3 is 2.27 bits per heavy atom. The van der Waals surface area contributed by atoms with E-state index in [4.69, 9.17) is 34.8 Å². The molecule has 0 spiro atoms. The lowest BCUT2D eigenvalue weighted by atomic mass is 10.1. The third-order valence-corrected chi connectivity index (χ3v) is 5.30. The molecule has 2 unspecified atom stereocenters. The second kappa shape index (κ2) is 6.25. The summed E-state index contributed by atoms with van der Waals surface area (Å²) in [5.74, 6) is -1.15. The predicted octanol–water partition coefficient (Wildman–Crippen LogP) is 5.79. The van der Waals surface area contributed by atoms with Crippen LogP contribution in [0.15, 0.2) is 18.3 Å². The summed E-state index contributed by atoms with van der Waals surface area (Å²) in [7, 11) is 0. The van der Waals surface area contributed by atoms with Gasteiger partial charge in [0.2, 0.25) is 6.43 Å². The van der Waals surface area contributed by atoms with Gasteiger partial charge in [0.25, 0.3) is 0 Å². The minimum absolute atomic E-state index is 0.0545. The maximum atomic E-state index is 12.9. The van der Waals surface area contributed by atoms with Crippen LogP contribution in [0.1, 0.15) is 23.2 Å². The van der Waals surface area contributed by atoms with Crippen LogP contribution in [-0.4, -0.2) is 16.2 Å². The number of rotatable bonds is 3. The Morgan fingerprint density at radius 1 is 1.27 bits per heavy atom. The lowest BCUT2D eigenvalue weighted by molar-refractivity contribution is -0.137. The average Bonchev–Trinajstić information content (AvgIpc) is 3.03. The molecular formula is C15H7Cl3F5N3. The molecule has 11 heteroatoms. The van der Waals surface area contributed by atoms with Crippen LogP contribution in [-0.2, 0) is 11.1 Å². The lowest BCUT2D eigenvalue weighted by Gasteiger charge is -2.12. The van der Waals surface area contributed by atoms with E-state index < -0.39 is 29.0 Å². The number of hydrogen-bond donors (Lipinski definition) is 0. The van der Waals surface area contributed by atoms with Crippen molar-refractivity contribution in [1.82, 2.24) is 9.78 Å². The average molecular weight is 431 g/mol. The van der Waals surface area contributed by atoms with Crippen molar-refractivity contribution >= 4 is 34.8 Å². The Kier molecular flexibility index (Phi) is 4.62. The number of hydrogen-bond acceptors (Lipinski definition) is 2. The smallest absolute Gasteiger partial charge is 0.236 e. The summed E-state index contributed by atoms with van der Waals surface area (Å²) in [6, 6.07) is 3.06. The molecular weight excluding hydrogens is 424 g/mol. The Morgan fingerprint density at radius 2 is 1.85 bits per heavy atom. The fourth-order valence-electron chi connectivity index (χ4n) is 2.68. The fourth-order valence-corrected chi connectivity index (χ4v) is 3.74. The molecule has 0 amide bonds. The van der Waals surface area contributed by atoms with Crippen LogP contribution < -0.4 is 0 Å². The first-order valence-electron chi connectivity index (χ1n) is 7.03. The number of alkyl halides is 6. The van der Waals surface area contributed by atoms with Crippen LogP contribution >= 0.6 is 34.8 Å². The van der Waals surface area contributed by atoms with E-state index in [1.165, 1.54) is 6.20 Å². The molecule has 0 aliphatic heterocycles. The molecule has 2 aromatic rings. The van der Waals surface area contributed by atoms with Gasteiger partial charge in [-0.3, -0.25) is 0 Å². The Labute approximate surface area is 158 Å². The molecule has 2 atom stereocenters. The van der Waals surface area contributed by atoms with E-state index in [0.29, 0.717) is 12.1 Å². The van der Waals surface area contributed by atoms with Crippen molar-refractivity contribution in [3.63, 3.8) is 0 Å². The Hall–Kier alpha value is -1.56. The van der Waals surface area contributed by atoms with Crippen molar-refractivity contribution in [3.05, 3.63) is 45.2 Å². The van der Waals surface area contributed by atoms with Crippen molar-refractivity contribution in [2.45, 2.75) is 23.9 Å². The number of aromatic nitrogens is 2. The highest BCUT2D eigenvalue weighted by Gasteiger charge is 2.60. The van der Waals surface area contributed by atoms with Crippen molar-refractivity contribution in [2.75, 3.05) is 0 Å². The minimum Gasteiger partial charge on any atom is -0.236 e. The van der Waals surface area contributed by atoms with Gasteiger partial charge in [-0.1, -0.05) is 23.2 Å². The van der Waals surface area contributed by atoms with Crippen molar-refractivity contribution in [3.8, 4) is 11.8 Å². The molecule has 0 N–H and O–H groups in total. The molecule has 1 aromatic carbocycles. The number of benzene rings is 1. The summed E-state index contributed by atoms with van der Waals surface area (Å²) >= 11 is 18.0. The zero-order valence-corrected chi connectivity index (χ0v) is 14.7. The number of nitrogens with zero attached hydrogens (tertiary/aromatic N) is 3. The van der Waals surface area contributed by atoms with Gasteiger partial charge in [0, 0.05) is 17.7 Å². The molecule has 1 aromatic heterocycles. The van der Waals surface area contributed by atoms with Gasteiger partial charge in [-0.05, 0) is 18.6 Å². The van der Waals surface area contributed by atoms with Gasteiger partial charge in [-0.15, -0.1) is 11.6 Å². The highest BCUT2D eigenvalue weighted by molar-refractivity contribution is 6.37. The van der Waals surface area contributed by atoms with Gasteiger partial charge in [0.1, 0.15) is 11.8 Å². The third kappa shape index (κ3) is 3.13. The molecule has 3 rings (SSSR count). The summed E-state index contributed by atoms with van der Waals surface area (Å²) in [4.78, 5) is -1.46. The normalized spacial score (nSPS) is 22.5. The van der Waals surface area contributed by atoms with Gasteiger partial charge in [-0.2, -0.15) is 23.5 Å². The summed E-state index contributed by atoms with van der Waals surface area (Å²) in [6.07, 6.45) is -6.20. The van der Waals surface area contributed by atoms with Crippen LogP contribution in [0.25, 0.3) is 5.69 Å². The van der Waals surface area contributed by atoms with Gasteiger partial charge in [0.05, 0.1) is 20.5 Å². The highest BCUT2D eigenvalue weighted by Crippen LogP contribution is 2.61. The van der Waals surface area contributed by atoms with E-state index in [-0.39, 0.29) is 33.4 Å². The van der Waals surface area contributed by atoms with E-state index in [2.05, 4.69) is 5.10 Å². The lowest BCUT2D eigenvalue weighted by Crippen LogP contribution is -2.08. The Balaban J connectivity index is 2.09. The predicted molar refractivity (Wildman–Crippen MR) is 84.9 cm³/mol. The second-order valence-electron chi connectivity index (χ2n) is 5.74. The SMILES string of the molecule is N#Cc1nn(-c2c(Cl)cc(C(F)(F)F)cc2Cl)cc1C1(Cl)CC1C(F)F. The standard InChI is InChI=1S/C15H7Cl3F5N3/c16-9-1-6(15(21,22)23)2-10(17)12(9)26-5-8(11(4-24)25-26)14(18)3-7(14)13(19)20/h1-2,5,7,13H,3H2. The summed E-state index contributed by atoms with van der Waals surface area (Å²) in [5, 5.41) is 12.4. The van der Waals surface area contributed by atoms with Crippen LogP contribution in [0.4, 0.5) is 22.0 Å². The van der Waals surface area contributed by atoms with Crippen LogP contribution in [0.5, 0.6) is 0 Å². The fraction of sp³-hybridized carbons (Fsp3) is 0.333. The maximum absolute atomic E-state index is 12.9. The minimum atomic E-state index is -4.66. The van der Waals surface area contributed by atoms with Crippen LogP contribution in [0.2, 0.25) is 10.0 Å². The van der Waals surface area contributed by atoms with Gasteiger partial charge >= 0.3 is 6.18 Å². The molecule has 1 fully saturated rings. The first-order chi connectivity index (χ1) is 12.0. The Bertz CT molecular complexity index is 895. The van der Waals surface area contributed by atoms with E-state index in [1.807, 2.05) is 0 Å². The van der Waals surface area contributed by atoms with Crippen molar-refractivity contribution in [1.29, 1.82) is 5.26 Å². The molecule has 0 saturated heterocycles. The summed E-state index contributed by atoms with van der Waals surface area (Å²) in [5.41, 5.74) is -1.34. The third-order valence-electron chi connectivity index (χ3n) is 4.09. The quantitative estimate of drug-likeness (QED) is 0.457. The van der Waals surface area contributed by atoms with Gasteiger partial charge < -0.3 is 0 Å². The van der Waals surface area contributed by atoms with Crippen LogP contribution in [0, 0.1) is 17.2 Å². The molecule has 0 radical (unpaired) electrons. The highest BCUT2D eigenvalue weighted by atomic mass is 35.5. The molecule has 1 aliphatic carbocycles. The second-order valence-corrected chi connectivity index (χ2v) is 7.23. The number of halogens is 8. The number of nitriles is 1. The summed E-state index contributed by atoms with van der Waals surface area (Å²) < 4.78 is 65.2. The van der Waals surface area contributed by atoms with Crippen LogP contribution in [0.3, 0.4) is 0 Å². The van der Waals surface area contributed by atoms with E-state index in [1.54, 1.807) is 6.07 Å². The van der Waals surface area contributed by atoms with E-state index in [9.17, 15) is 27.2 Å². The van der Waals surface area contributed by atoms with Gasteiger partial charge in [0.15, 0.2) is 5.69 Å². The first-order valence-corrected chi connectivity index (χ1v) is 8.16. The largest absolute Gasteiger partial charge is 0.416 e. The summed E-state index contributed by atoms with van der Waals surface area (Å²) in [6.45, 7) is 0. The molecule has 1 aliphatic rings. The zero-order valence-electron chi connectivity index (χ0n) is 12.5. The molecule has 138 valence electrons. The molecule has 1 heterocycles. The van der Waals surface area contributed by atoms with E-state index >= 15 is 0 Å².